The van der Waals surface area contributed by atoms with Gasteiger partial charge in [0, 0.05) is 6.20 Å². The maximum absolute atomic E-state index is 13.0. The van der Waals surface area contributed by atoms with Crippen LogP contribution in [-0.4, -0.2) is 10.1 Å². The van der Waals surface area contributed by atoms with Crippen LogP contribution in [0.1, 0.15) is 17.4 Å². The third-order valence-corrected chi connectivity index (χ3v) is 2.53. The fourth-order valence-electron chi connectivity index (χ4n) is 1.43. The summed E-state index contributed by atoms with van der Waals surface area (Å²) in [6.07, 6.45) is 0.522. The summed E-state index contributed by atoms with van der Waals surface area (Å²) in [4.78, 5) is 3.98. The number of hydrogen-bond donors (Lipinski definition) is 1. The molecule has 0 amide bonds. The Kier molecular flexibility index (Phi) is 3.17. The average Bonchev–Trinajstić information content (AvgIpc) is 2.29. The van der Waals surface area contributed by atoms with Crippen LogP contribution in [0.25, 0.3) is 0 Å². The van der Waals surface area contributed by atoms with E-state index in [1.54, 1.807) is 18.2 Å². The van der Waals surface area contributed by atoms with Gasteiger partial charge in [-0.05, 0) is 29.8 Å². The molecule has 0 aliphatic rings. The molecule has 0 aliphatic carbocycles. The molecule has 1 heterocycles. The highest BCUT2D eigenvalue weighted by molar-refractivity contribution is 6.31. The summed E-state index contributed by atoms with van der Waals surface area (Å²) in [5.74, 6) is -0.399. The second-order valence-electron chi connectivity index (χ2n) is 3.33. The molecule has 1 aromatic heterocycles. The molecule has 16 heavy (non-hydrogen) atoms. The third-order valence-electron chi connectivity index (χ3n) is 2.21. The number of hydrogen-bond acceptors (Lipinski definition) is 2. The van der Waals surface area contributed by atoms with Gasteiger partial charge in [-0.1, -0.05) is 23.7 Å². The predicted octanol–water partition coefficient (Wildman–Crippen LogP) is 2.96. The molecule has 2 rings (SSSR count). The number of nitrogens with zero attached hydrogens (tertiary/aromatic N) is 1. The first-order valence-electron chi connectivity index (χ1n) is 4.72. The molecule has 1 unspecified atom stereocenters. The third kappa shape index (κ3) is 2.21. The largest absolute Gasteiger partial charge is 0.382 e. The Balaban J connectivity index is 2.39. The standard InChI is InChI=1S/C12H9ClFNO/c13-10-5-2-6-15-11(10)12(16)8-3-1-4-9(14)7-8/h1-7,12,16H. The lowest BCUT2D eigenvalue weighted by atomic mass is 10.1. The van der Waals surface area contributed by atoms with Crippen LogP contribution in [0.5, 0.6) is 0 Å². The van der Waals surface area contributed by atoms with Crippen LogP contribution in [0.4, 0.5) is 4.39 Å². The minimum absolute atomic E-state index is 0.328. The number of halogens is 2. The maximum Gasteiger partial charge on any atom is 0.123 e. The van der Waals surface area contributed by atoms with Crippen LogP contribution >= 0.6 is 11.6 Å². The van der Waals surface area contributed by atoms with E-state index in [-0.39, 0.29) is 0 Å². The first-order valence-corrected chi connectivity index (χ1v) is 5.10. The Hall–Kier alpha value is -1.45. The van der Waals surface area contributed by atoms with Gasteiger partial charge in [0.15, 0.2) is 0 Å². The van der Waals surface area contributed by atoms with E-state index in [0.29, 0.717) is 16.3 Å². The van der Waals surface area contributed by atoms with E-state index in [1.807, 2.05) is 0 Å². The van der Waals surface area contributed by atoms with Crippen LogP contribution in [0.2, 0.25) is 5.02 Å². The van der Waals surface area contributed by atoms with Crippen molar-refractivity contribution < 1.29 is 9.50 Å². The molecule has 2 nitrogen and oxygen atoms in total. The monoisotopic (exact) mass is 237 g/mol. The Bertz CT molecular complexity index is 504. The molecule has 4 heteroatoms. The average molecular weight is 238 g/mol. The quantitative estimate of drug-likeness (QED) is 0.871. The molecule has 0 spiro atoms. The number of aliphatic hydroxyl groups excluding tert-OH is 1. The highest BCUT2D eigenvalue weighted by Gasteiger charge is 2.15. The predicted molar refractivity (Wildman–Crippen MR) is 59.7 cm³/mol. The molecule has 0 saturated carbocycles. The number of rotatable bonds is 2. The van der Waals surface area contributed by atoms with Crippen LogP contribution in [0.3, 0.4) is 0 Å². The van der Waals surface area contributed by atoms with E-state index in [1.165, 1.54) is 24.4 Å². The summed E-state index contributed by atoms with van der Waals surface area (Å²) < 4.78 is 13.0. The molecule has 1 aromatic carbocycles. The smallest absolute Gasteiger partial charge is 0.123 e. The minimum atomic E-state index is -1.01. The van der Waals surface area contributed by atoms with E-state index >= 15 is 0 Å². The molecule has 1 N–H and O–H groups in total. The fraction of sp³-hybridized carbons (Fsp3) is 0.0833. The molecule has 0 bridgehead atoms. The number of pyridine rings is 1. The summed E-state index contributed by atoms with van der Waals surface area (Å²) in [6, 6.07) is 9.03. The lowest BCUT2D eigenvalue weighted by Gasteiger charge is -2.11. The van der Waals surface area contributed by atoms with Gasteiger partial charge >= 0.3 is 0 Å². The van der Waals surface area contributed by atoms with Crippen molar-refractivity contribution in [2.24, 2.45) is 0 Å². The summed E-state index contributed by atoms with van der Waals surface area (Å²) in [7, 11) is 0. The number of aliphatic hydroxyl groups is 1. The van der Waals surface area contributed by atoms with Gasteiger partial charge in [-0.25, -0.2) is 4.39 Å². The topological polar surface area (TPSA) is 33.1 Å². The van der Waals surface area contributed by atoms with E-state index < -0.39 is 11.9 Å². The van der Waals surface area contributed by atoms with E-state index in [2.05, 4.69) is 4.98 Å². The van der Waals surface area contributed by atoms with Gasteiger partial charge in [0.25, 0.3) is 0 Å². The maximum atomic E-state index is 13.0. The molecular weight excluding hydrogens is 229 g/mol. The zero-order chi connectivity index (χ0) is 11.5. The van der Waals surface area contributed by atoms with Crippen molar-refractivity contribution in [1.82, 2.24) is 4.98 Å². The highest BCUT2D eigenvalue weighted by Crippen LogP contribution is 2.26. The Morgan fingerprint density at radius 1 is 1.25 bits per heavy atom. The Morgan fingerprint density at radius 2 is 2.06 bits per heavy atom. The molecule has 1 atom stereocenters. The van der Waals surface area contributed by atoms with Gasteiger partial charge in [0.2, 0.25) is 0 Å². The van der Waals surface area contributed by atoms with Crippen LogP contribution in [-0.2, 0) is 0 Å². The van der Waals surface area contributed by atoms with Gasteiger partial charge in [-0.2, -0.15) is 0 Å². The normalized spacial score (nSPS) is 12.4. The van der Waals surface area contributed by atoms with Gasteiger partial charge in [0.1, 0.15) is 11.9 Å². The van der Waals surface area contributed by atoms with Crippen molar-refractivity contribution >= 4 is 11.6 Å². The minimum Gasteiger partial charge on any atom is -0.382 e. The van der Waals surface area contributed by atoms with Crippen molar-refractivity contribution in [2.75, 3.05) is 0 Å². The lowest BCUT2D eigenvalue weighted by Crippen LogP contribution is -2.03. The first kappa shape index (κ1) is 11.0. The second kappa shape index (κ2) is 4.60. The Labute approximate surface area is 97.3 Å². The zero-order valence-corrected chi connectivity index (χ0v) is 9.03. The lowest BCUT2D eigenvalue weighted by molar-refractivity contribution is 0.215. The van der Waals surface area contributed by atoms with Gasteiger partial charge < -0.3 is 5.11 Å². The van der Waals surface area contributed by atoms with Gasteiger partial charge in [-0.15, -0.1) is 0 Å². The van der Waals surface area contributed by atoms with E-state index in [9.17, 15) is 9.50 Å². The van der Waals surface area contributed by atoms with E-state index in [4.69, 9.17) is 11.6 Å². The summed E-state index contributed by atoms with van der Waals surface area (Å²) in [6.45, 7) is 0. The van der Waals surface area contributed by atoms with Crippen molar-refractivity contribution in [3.05, 3.63) is 64.7 Å². The first-order chi connectivity index (χ1) is 7.68. The molecule has 0 saturated heterocycles. The molecular formula is C12H9ClFNO. The molecule has 82 valence electrons. The SMILES string of the molecule is OC(c1cccc(F)c1)c1ncccc1Cl. The molecule has 2 aromatic rings. The summed E-state index contributed by atoms with van der Waals surface area (Å²) in [5, 5.41) is 10.3. The molecule has 0 radical (unpaired) electrons. The van der Waals surface area contributed by atoms with Gasteiger partial charge in [0.05, 0.1) is 10.7 Å². The highest BCUT2D eigenvalue weighted by atomic mass is 35.5. The van der Waals surface area contributed by atoms with Crippen LogP contribution < -0.4 is 0 Å². The number of aromatic nitrogens is 1. The van der Waals surface area contributed by atoms with Crippen molar-refractivity contribution in [1.29, 1.82) is 0 Å². The Morgan fingerprint density at radius 3 is 2.75 bits per heavy atom. The summed E-state index contributed by atoms with van der Waals surface area (Å²) in [5.41, 5.74) is 0.760. The summed E-state index contributed by atoms with van der Waals surface area (Å²) >= 11 is 5.89. The van der Waals surface area contributed by atoms with Crippen LogP contribution in [0, 0.1) is 5.82 Å². The second-order valence-corrected chi connectivity index (χ2v) is 3.74. The van der Waals surface area contributed by atoms with Gasteiger partial charge in [-0.3, -0.25) is 4.98 Å². The molecule has 0 fully saturated rings. The van der Waals surface area contributed by atoms with Crippen molar-refractivity contribution in [3.8, 4) is 0 Å². The van der Waals surface area contributed by atoms with Crippen LogP contribution in [0.15, 0.2) is 42.6 Å². The number of benzene rings is 1. The van der Waals surface area contributed by atoms with E-state index in [0.717, 1.165) is 0 Å². The van der Waals surface area contributed by atoms with Crippen molar-refractivity contribution in [2.45, 2.75) is 6.10 Å². The fourth-order valence-corrected chi connectivity index (χ4v) is 1.66. The molecule has 0 aliphatic heterocycles. The zero-order valence-electron chi connectivity index (χ0n) is 8.27. The van der Waals surface area contributed by atoms with Crippen molar-refractivity contribution in [3.63, 3.8) is 0 Å².